The zero-order valence-corrected chi connectivity index (χ0v) is 15.5. The van der Waals surface area contributed by atoms with Gasteiger partial charge in [0.1, 0.15) is 12.4 Å². The predicted octanol–water partition coefficient (Wildman–Crippen LogP) is 0.778. The average molecular weight is 356 g/mol. The maximum atomic E-state index is 13.9. The Hall–Kier alpha value is -1.91. The monoisotopic (exact) mass is 355 g/mol. The van der Waals surface area contributed by atoms with Crippen LogP contribution in [0.1, 0.15) is 18.4 Å². The molecule has 2 heterocycles. The number of piperazine rings is 1. The number of piperidine rings is 1. The van der Waals surface area contributed by atoms with Gasteiger partial charge in [-0.15, -0.1) is 0 Å². The molecule has 0 aliphatic carbocycles. The van der Waals surface area contributed by atoms with Gasteiger partial charge in [-0.3, -0.25) is 0 Å². The van der Waals surface area contributed by atoms with Crippen molar-refractivity contribution in [2.24, 2.45) is 0 Å². The Morgan fingerprint density at radius 3 is 2.19 bits per heavy atom. The summed E-state index contributed by atoms with van der Waals surface area (Å²) in [6, 6.07) is 18.8. The van der Waals surface area contributed by atoms with Gasteiger partial charge in [-0.1, -0.05) is 36.4 Å². The van der Waals surface area contributed by atoms with E-state index in [1.54, 1.807) is 17.0 Å². The number of halogens is 1. The van der Waals surface area contributed by atoms with Gasteiger partial charge in [-0.25, -0.2) is 4.39 Å². The maximum absolute atomic E-state index is 13.9. The van der Waals surface area contributed by atoms with Gasteiger partial charge < -0.3 is 14.7 Å². The maximum Gasteiger partial charge on any atom is 0.132 e. The minimum atomic E-state index is -0.0511. The van der Waals surface area contributed by atoms with Crippen LogP contribution in [0.25, 0.3) is 0 Å². The van der Waals surface area contributed by atoms with Crippen molar-refractivity contribution in [3.63, 3.8) is 0 Å². The Balaban J connectivity index is 1.25. The molecule has 138 valence electrons. The van der Waals surface area contributed by atoms with Crippen LogP contribution in [0.5, 0.6) is 0 Å². The summed E-state index contributed by atoms with van der Waals surface area (Å²) in [4.78, 5) is 5.83. The summed E-state index contributed by atoms with van der Waals surface area (Å²) in [6.45, 7) is 7.96. The fourth-order valence-electron chi connectivity index (χ4n) is 4.62. The molecule has 4 rings (SSSR count). The Kier molecular flexibility index (Phi) is 5.51. The number of likely N-dealkylation sites (tertiary alicyclic amines) is 1. The number of benzene rings is 2. The molecule has 2 aliphatic heterocycles. The zero-order valence-electron chi connectivity index (χ0n) is 15.5. The zero-order chi connectivity index (χ0) is 17.8. The molecule has 2 saturated heterocycles. The van der Waals surface area contributed by atoms with Gasteiger partial charge in [0.25, 0.3) is 0 Å². The number of hydrogen-bond acceptors (Lipinski definition) is 1. The molecule has 0 bridgehead atoms. The van der Waals surface area contributed by atoms with E-state index < -0.39 is 0 Å². The molecule has 26 heavy (non-hydrogen) atoms. The lowest BCUT2D eigenvalue weighted by Gasteiger charge is -2.39. The van der Waals surface area contributed by atoms with E-state index in [2.05, 4.69) is 35.2 Å². The summed E-state index contributed by atoms with van der Waals surface area (Å²) >= 11 is 0. The van der Waals surface area contributed by atoms with Crippen molar-refractivity contribution >= 4 is 5.69 Å². The van der Waals surface area contributed by atoms with Crippen molar-refractivity contribution in [2.75, 3.05) is 44.2 Å². The minimum absolute atomic E-state index is 0.0511. The standard InChI is InChI=1S/C22H28FN3/c23-22-9-5-4-6-19(22)18-24-12-10-21(11-13-24)26-16-14-25(15-17-26)20-7-2-1-3-8-20/h1-9,21H,10-18H2/p+2. The fraction of sp³-hybridized carbons (Fsp3) is 0.455. The van der Waals surface area contributed by atoms with E-state index in [1.165, 1.54) is 49.6 Å². The van der Waals surface area contributed by atoms with Crippen LogP contribution in [0.4, 0.5) is 10.1 Å². The molecule has 0 atom stereocenters. The van der Waals surface area contributed by atoms with Gasteiger partial charge in [0.2, 0.25) is 0 Å². The molecule has 2 N–H and O–H groups in total. The van der Waals surface area contributed by atoms with Crippen molar-refractivity contribution < 1.29 is 14.2 Å². The molecule has 0 aromatic heterocycles. The number of rotatable bonds is 4. The highest BCUT2D eigenvalue weighted by molar-refractivity contribution is 5.46. The van der Waals surface area contributed by atoms with Crippen LogP contribution in [0.15, 0.2) is 54.6 Å². The van der Waals surface area contributed by atoms with Crippen molar-refractivity contribution in [3.8, 4) is 0 Å². The predicted molar refractivity (Wildman–Crippen MR) is 103 cm³/mol. The highest BCUT2D eigenvalue weighted by Gasteiger charge is 2.32. The number of quaternary nitrogens is 2. The van der Waals surface area contributed by atoms with E-state index in [0.29, 0.717) is 0 Å². The van der Waals surface area contributed by atoms with Gasteiger partial charge in [0, 0.05) is 24.1 Å². The highest BCUT2D eigenvalue weighted by Crippen LogP contribution is 2.13. The molecule has 2 aliphatic rings. The van der Waals surface area contributed by atoms with E-state index in [9.17, 15) is 4.39 Å². The fourth-order valence-corrected chi connectivity index (χ4v) is 4.62. The Morgan fingerprint density at radius 1 is 0.846 bits per heavy atom. The average Bonchev–Trinajstić information content (AvgIpc) is 2.71. The minimum Gasteiger partial charge on any atom is -0.360 e. The first-order chi connectivity index (χ1) is 12.8. The number of anilines is 1. The van der Waals surface area contributed by atoms with Gasteiger partial charge in [0.15, 0.2) is 0 Å². The van der Waals surface area contributed by atoms with Crippen LogP contribution >= 0.6 is 0 Å². The van der Waals surface area contributed by atoms with Gasteiger partial charge in [-0.2, -0.15) is 0 Å². The van der Waals surface area contributed by atoms with Gasteiger partial charge >= 0.3 is 0 Å². The Bertz CT molecular complexity index is 690. The van der Waals surface area contributed by atoms with Crippen molar-refractivity contribution in [3.05, 3.63) is 66.0 Å². The normalized spacial score (nSPS) is 24.6. The third kappa shape index (κ3) is 4.08. The van der Waals surface area contributed by atoms with Crippen LogP contribution in [-0.4, -0.2) is 45.3 Å². The lowest BCUT2D eigenvalue weighted by atomic mass is 10.0. The number of para-hydroxylation sites is 1. The van der Waals surface area contributed by atoms with Crippen LogP contribution in [-0.2, 0) is 6.54 Å². The summed E-state index contributed by atoms with van der Waals surface area (Å²) in [5.41, 5.74) is 2.22. The third-order valence-corrected chi connectivity index (χ3v) is 6.20. The number of nitrogens with one attached hydrogen (secondary N) is 2. The molecule has 0 spiro atoms. The molecule has 2 aromatic carbocycles. The van der Waals surface area contributed by atoms with Gasteiger partial charge in [-0.05, 0) is 18.2 Å². The van der Waals surface area contributed by atoms with Crippen molar-refractivity contribution in [1.82, 2.24) is 0 Å². The summed E-state index contributed by atoms with van der Waals surface area (Å²) < 4.78 is 13.9. The number of hydrogen-bond donors (Lipinski definition) is 2. The van der Waals surface area contributed by atoms with Crippen LogP contribution in [0.3, 0.4) is 0 Å². The lowest BCUT2D eigenvalue weighted by Crippen LogP contribution is -3.21. The highest BCUT2D eigenvalue weighted by atomic mass is 19.1. The quantitative estimate of drug-likeness (QED) is 0.826. The molecule has 0 unspecified atom stereocenters. The number of nitrogens with zero attached hydrogens (tertiary/aromatic N) is 1. The van der Waals surface area contributed by atoms with E-state index >= 15 is 0 Å². The molecule has 2 aromatic rings. The second-order valence-corrected chi connectivity index (χ2v) is 7.77. The molecule has 3 nitrogen and oxygen atoms in total. The van der Waals surface area contributed by atoms with Crippen LogP contribution in [0.2, 0.25) is 0 Å². The smallest absolute Gasteiger partial charge is 0.132 e. The van der Waals surface area contributed by atoms with Gasteiger partial charge in [0.05, 0.1) is 45.3 Å². The van der Waals surface area contributed by atoms with Crippen LogP contribution < -0.4 is 14.7 Å². The second kappa shape index (κ2) is 8.19. The van der Waals surface area contributed by atoms with Crippen molar-refractivity contribution in [2.45, 2.75) is 25.4 Å². The topological polar surface area (TPSA) is 12.1 Å². The first kappa shape index (κ1) is 17.5. The molecular formula is C22H30FN3+2. The largest absolute Gasteiger partial charge is 0.360 e. The Labute approximate surface area is 156 Å². The SMILES string of the molecule is Fc1ccccc1C[NH+]1CCC([NH+]2CCN(c3ccccc3)CC2)CC1. The first-order valence-electron chi connectivity index (χ1n) is 10.0. The van der Waals surface area contributed by atoms with E-state index in [1.807, 2.05) is 12.1 Å². The molecule has 0 saturated carbocycles. The third-order valence-electron chi connectivity index (χ3n) is 6.20. The second-order valence-electron chi connectivity index (χ2n) is 7.77. The molecule has 0 radical (unpaired) electrons. The van der Waals surface area contributed by atoms with Crippen LogP contribution in [0, 0.1) is 5.82 Å². The van der Waals surface area contributed by atoms with E-state index in [4.69, 9.17) is 0 Å². The molecule has 0 amide bonds. The summed E-state index contributed by atoms with van der Waals surface area (Å²) in [6.07, 6.45) is 2.54. The summed E-state index contributed by atoms with van der Waals surface area (Å²) in [5, 5.41) is 0. The van der Waals surface area contributed by atoms with Crippen molar-refractivity contribution in [1.29, 1.82) is 0 Å². The Morgan fingerprint density at radius 2 is 1.50 bits per heavy atom. The van der Waals surface area contributed by atoms with E-state index in [0.717, 1.165) is 31.2 Å². The summed E-state index contributed by atoms with van der Waals surface area (Å²) in [7, 11) is 0. The molecule has 2 fully saturated rings. The lowest BCUT2D eigenvalue weighted by molar-refractivity contribution is -0.963. The molecule has 4 heteroatoms. The molecular weight excluding hydrogens is 325 g/mol. The van der Waals surface area contributed by atoms with E-state index in [-0.39, 0.29) is 5.82 Å². The first-order valence-corrected chi connectivity index (χ1v) is 10.0. The summed E-state index contributed by atoms with van der Waals surface area (Å²) in [5.74, 6) is -0.0511.